The first kappa shape index (κ1) is 14.4. The Kier molecular flexibility index (Phi) is 5.28. The number of methoxy groups -OCH3 is 1. The maximum absolute atomic E-state index is 11.6. The van der Waals surface area contributed by atoms with Crippen molar-refractivity contribution in [1.82, 2.24) is 4.90 Å². The zero-order valence-corrected chi connectivity index (χ0v) is 12.4. The summed E-state index contributed by atoms with van der Waals surface area (Å²) in [6.07, 6.45) is 4.11. The highest BCUT2D eigenvalue weighted by Crippen LogP contribution is 2.21. The molecule has 0 saturated carbocycles. The summed E-state index contributed by atoms with van der Waals surface area (Å²) < 4.78 is 4.85. The summed E-state index contributed by atoms with van der Waals surface area (Å²) in [5.74, 6) is -0.0216. The van der Waals surface area contributed by atoms with E-state index in [2.05, 4.69) is 35.4 Å². The molecule has 0 unspecified atom stereocenters. The molecule has 0 bridgehead atoms. The molecule has 0 amide bonds. The molecule has 1 heterocycles. The van der Waals surface area contributed by atoms with Crippen LogP contribution >= 0.6 is 11.8 Å². The Bertz CT molecular complexity index is 419. The molecule has 2 rings (SSSR count). The van der Waals surface area contributed by atoms with Gasteiger partial charge in [0.2, 0.25) is 0 Å². The SMILES string of the molecule is COC(=O)[C@H]1CCCN(Cc2ccc(SC)cc2)C1. The Morgan fingerprint density at radius 2 is 2.16 bits per heavy atom. The summed E-state index contributed by atoms with van der Waals surface area (Å²) in [6, 6.07) is 8.66. The van der Waals surface area contributed by atoms with Gasteiger partial charge in [0.25, 0.3) is 0 Å². The molecule has 19 heavy (non-hydrogen) atoms. The lowest BCUT2D eigenvalue weighted by molar-refractivity contribution is -0.147. The Morgan fingerprint density at radius 3 is 2.79 bits per heavy atom. The van der Waals surface area contributed by atoms with Crippen molar-refractivity contribution in [3.63, 3.8) is 0 Å². The van der Waals surface area contributed by atoms with E-state index < -0.39 is 0 Å². The van der Waals surface area contributed by atoms with Crippen LogP contribution in [0.3, 0.4) is 0 Å². The normalized spacial score (nSPS) is 20.2. The number of benzene rings is 1. The topological polar surface area (TPSA) is 29.5 Å². The van der Waals surface area contributed by atoms with Gasteiger partial charge in [0.1, 0.15) is 0 Å². The molecule has 4 heteroatoms. The van der Waals surface area contributed by atoms with E-state index in [0.29, 0.717) is 0 Å². The van der Waals surface area contributed by atoms with E-state index in [1.807, 2.05) is 0 Å². The molecule has 1 aliphatic rings. The molecular formula is C15H21NO2S. The predicted molar refractivity (Wildman–Crippen MR) is 78.2 cm³/mol. The van der Waals surface area contributed by atoms with Crippen LogP contribution in [0.15, 0.2) is 29.2 Å². The van der Waals surface area contributed by atoms with Gasteiger partial charge in [-0.3, -0.25) is 9.69 Å². The number of carbonyl (C=O) groups excluding carboxylic acids is 1. The second kappa shape index (κ2) is 6.96. The van der Waals surface area contributed by atoms with Crippen LogP contribution in [0.5, 0.6) is 0 Å². The van der Waals surface area contributed by atoms with Crippen molar-refractivity contribution >= 4 is 17.7 Å². The highest BCUT2D eigenvalue weighted by Gasteiger charge is 2.26. The standard InChI is InChI=1S/C15H21NO2S/c1-18-15(17)13-4-3-9-16(11-13)10-12-5-7-14(19-2)8-6-12/h5-8,13H,3-4,9-11H2,1-2H3/t13-/m0/s1. The second-order valence-electron chi connectivity index (χ2n) is 4.95. The van der Waals surface area contributed by atoms with Gasteiger partial charge < -0.3 is 4.74 Å². The highest BCUT2D eigenvalue weighted by molar-refractivity contribution is 7.98. The van der Waals surface area contributed by atoms with Gasteiger partial charge in [0.15, 0.2) is 0 Å². The molecule has 1 saturated heterocycles. The van der Waals surface area contributed by atoms with E-state index in [-0.39, 0.29) is 11.9 Å². The van der Waals surface area contributed by atoms with Crippen LogP contribution in [-0.4, -0.2) is 37.3 Å². The quantitative estimate of drug-likeness (QED) is 0.626. The predicted octanol–water partition coefficient (Wildman–Crippen LogP) is 2.79. The molecule has 1 atom stereocenters. The summed E-state index contributed by atoms with van der Waals surface area (Å²) >= 11 is 1.76. The van der Waals surface area contributed by atoms with E-state index >= 15 is 0 Å². The monoisotopic (exact) mass is 279 g/mol. The number of thioether (sulfide) groups is 1. The van der Waals surface area contributed by atoms with Crippen molar-refractivity contribution in [3.05, 3.63) is 29.8 Å². The number of hydrogen-bond donors (Lipinski definition) is 0. The number of ether oxygens (including phenoxy) is 1. The van der Waals surface area contributed by atoms with Crippen LogP contribution in [0, 0.1) is 5.92 Å². The molecule has 0 radical (unpaired) electrons. The Morgan fingerprint density at radius 1 is 1.42 bits per heavy atom. The molecule has 0 aliphatic carbocycles. The molecule has 1 aromatic rings. The first-order valence-electron chi connectivity index (χ1n) is 6.66. The molecule has 3 nitrogen and oxygen atoms in total. The van der Waals surface area contributed by atoms with Gasteiger partial charge in [-0.15, -0.1) is 11.8 Å². The minimum absolute atomic E-state index is 0.0456. The van der Waals surface area contributed by atoms with E-state index in [0.717, 1.165) is 32.5 Å². The number of carbonyl (C=O) groups is 1. The van der Waals surface area contributed by atoms with Crippen molar-refractivity contribution in [2.75, 3.05) is 26.5 Å². The van der Waals surface area contributed by atoms with Crippen LogP contribution in [0.25, 0.3) is 0 Å². The minimum atomic E-state index is -0.0672. The Balaban J connectivity index is 1.92. The number of hydrogen-bond acceptors (Lipinski definition) is 4. The lowest BCUT2D eigenvalue weighted by Gasteiger charge is -2.31. The number of rotatable bonds is 4. The molecule has 1 aliphatic heterocycles. The van der Waals surface area contributed by atoms with E-state index in [9.17, 15) is 4.79 Å². The van der Waals surface area contributed by atoms with Gasteiger partial charge in [-0.05, 0) is 43.3 Å². The van der Waals surface area contributed by atoms with Gasteiger partial charge >= 0.3 is 5.97 Å². The molecule has 1 fully saturated rings. The largest absolute Gasteiger partial charge is 0.469 e. The Labute approximate surface area is 119 Å². The van der Waals surface area contributed by atoms with Crippen molar-refractivity contribution < 1.29 is 9.53 Å². The van der Waals surface area contributed by atoms with Gasteiger partial charge in [0.05, 0.1) is 13.0 Å². The lowest BCUT2D eigenvalue weighted by atomic mass is 9.98. The number of piperidine rings is 1. The van der Waals surface area contributed by atoms with Crippen LogP contribution in [-0.2, 0) is 16.1 Å². The molecule has 0 spiro atoms. The first-order valence-corrected chi connectivity index (χ1v) is 7.88. The number of esters is 1. The summed E-state index contributed by atoms with van der Waals surface area (Å²) in [7, 11) is 1.47. The average molecular weight is 279 g/mol. The summed E-state index contributed by atoms with van der Waals surface area (Å²) in [5.41, 5.74) is 1.31. The van der Waals surface area contributed by atoms with Crippen molar-refractivity contribution in [3.8, 4) is 0 Å². The molecule has 0 N–H and O–H groups in total. The van der Waals surface area contributed by atoms with Crippen LogP contribution in [0.2, 0.25) is 0 Å². The van der Waals surface area contributed by atoms with Gasteiger partial charge in [-0.2, -0.15) is 0 Å². The molecule has 0 aromatic heterocycles. The van der Waals surface area contributed by atoms with Crippen molar-refractivity contribution in [1.29, 1.82) is 0 Å². The fraction of sp³-hybridized carbons (Fsp3) is 0.533. The summed E-state index contributed by atoms with van der Waals surface area (Å²) in [4.78, 5) is 15.2. The molecule has 104 valence electrons. The summed E-state index contributed by atoms with van der Waals surface area (Å²) in [5, 5.41) is 0. The smallest absolute Gasteiger partial charge is 0.309 e. The minimum Gasteiger partial charge on any atom is -0.469 e. The average Bonchev–Trinajstić information content (AvgIpc) is 2.47. The third-order valence-corrected chi connectivity index (χ3v) is 4.35. The van der Waals surface area contributed by atoms with E-state index in [1.54, 1.807) is 11.8 Å². The van der Waals surface area contributed by atoms with Crippen LogP contribution < -0.4 is 0 Å². The maximum Gasteiger partial charge on any atom is 0.309 e. The fourth-order valence-corrected chi connectivity index (χ4v) is 2.96. The van der Waals surface area contributed by atoms with Crippen molar-refractivity contribution in [2.45, 2.75) is 24.3 Å². The third-order valence-electron chi connectivity index (χ3n) is 3.61. The highest BCUT2D eigenvalue weighted by atomic mass is 32.2. The second-order valence-corrected chi connectivity index (χ2v) is 5.83. The Hall–Kier alpha value is -1.00. The molecular weight excluding hydrogens is 258 g/mol. The molecule has 1 aromatic carbocycles. The van der Waals surface area contributed by atoms with Crippen LogP contribution in [0.4, 0.5) is 0 Å². The van der Waals surface area contributed by atoms with Gasteiger partial charge in [-0.25, -0.2) is 0 Å². The zero-order chi connectivity index (χ0) is 13.7. The summed E-state index contributed by atoms with van der Waals surface area (Å²) in [6.45, 7) is 2.80. The van der Waals surface area contributed by atoms with E-state index in [1.165, 1.54) is 17.6 Å². The van der Waals surface area contributed by atoms with Gasteiger partial charge in [-0.1, -0.05) is 12.1 Å². The third kappa shape index (κ3) is 3.98. The fourth-order valence-electron chi connectivity index (χ4n) is 2.55. The maximum atomic E-state index is 11.6. The first-order chi connectivity index (χ1) is 9.22. The van der Waals surface area contributed by atoms with E-state index in [4.69, 9.17) is 4.74 Å². The van der Waals surface area contributed by atoms with Crippen LogP contribution in [0.1, 0.15) is 18.4 Å². The van der Waals surface area contributed by atoms with Crippen molar-refractivity contribution in [2.24, 2.45) is 5.92 Å². The zero-order valence-electron chi connectivity index (χ0n) is 11.6. The van der Waals surface area contributed by atoms with Gasteiger partial charge in [0, 0.05) is 18.0 Å². The lowest BCUT2D eigenvalue weighted by Crippen LogP contribution is -2.38. The number of nitrogens with zero attached hydrogens (tertiary/aromatic N) is 1. The number of likely N-dealkylation sites (tertiary alicyclic amines) is 1.